The molecule has 0 spiro atoms. The molecular formula is C8H6N4S. The average Bonchev–Trinajstić information content (AvgIpc) is 2.67. The highest BCUT2D eigenvalue weighted by Gasteiger charge is 2.03. The first-order valence-corrected chi connectivity index (χ1v) is 4.18. The van der Waals surface area contributed by atoms with Gasteiger partial charge in [0.25, 0.3) is 0 Å². The van der Waals surface area contributed by atoms with Crippen LogP contribution < -0.4 is 0 Å². The highest BCUT2D eigenvalue weighted by atomic mass is 32.1. The van der Waals surface area contributed by atoms with E-state index in [2.05, 4.69) is 15.5 Å². The minimum atomic E-state index is 0.571. The maximum atomic E-state index is 4.77. The van der Waals surface area contributed by atoms with Gasteiger partial charge in [0.15, 0.2) is 5.82 Å². The van der Waals surface area contributed by atoms with Crippen molar-refractivity contribution in [2.75, 3.05) is 0 Å². The number of hydrogen-bond donors (Lipinski definition) is 0. The van der Waals surface area contributed by atoms with Gasteiger partial charge in [-0.15, -0.1) is 5.10 Å². The highest BCUT2D eigenvalue weighted by molar-refractivity contribution is 7.79. The van der Waals surface area contributed by atoms with E-state index in [1.165, 1.54) is 5.37 Å². The fourth-order valence-electron chi connectivity index (χ4n) is 1.02. The maximum absolute atomic E-state index is 4.77. The van der Waals surface area contributed by atoms with Crippen molar-refractivity contribution in [2.24, 2.45) is 0 Å². The fourth-order valence-corrected chi connectivity index (χ4v) is 1.17. The van der Waals surface area contributed by atoms with Crippen LogP contribution >= 0.6 is 12.2 Å². The Balaban J connectivity index is 2.52. The topological polar surface area (TPSA) is 43.6 Å². The first-order valence-electron chi connectivity index (χ1n) is 3.71. The molecule has 1 aromatic heterocycles. The van der Waals surface area contributed by atoms with E-state index in [9.17, 15) is 0 Å². The number of benzene rings is 1. The summed E-state index contributed by atoms with van der Waals surface area (Å²) >= 11 is 4.77. The van der Waals surface area contributed by atoms with Crippen molar-refractivity contribution in [3.8, 4) is 5.69 Å². The molecule has 0 atom stereocenters. The van der Waals surface area contributed by atoms with Gasteiger partial charge in [0.1, 0.15) is 0 Å². The third kappa shape index (κ3) is 1.46. The molecule has 64 valence electrons. The molecule has 0 fully saturated rings. The van der Waals surface area contributed by atoms with Crippen LogP contribution in [-0.2, 0) is 0 Å². The van der Waals surface area contributed by atoms with E-state index in [4.69, 9.17) is 12.2 Å². The SMILES string of the molecule is S=Cc1nnnn1-c1ccccc1. The number of rotatable bonds is 2. The zero-order valence-corrected chi connectivity index (χ0v) is 7.48. The molecule has 0 amide bonds. The summed E-state index contributed by atoms with van der Waals surface area (Å²) in [5.74, 6) is 0.571. The molecule has 0 saturated carbocycles. The molecular weight excluding hydrogens is 184 g/mol. The van der Waals surface area contributed by atoms with Crippen molar-refractivity contribution in [2.45, 2.75) is 0 Å². The maximum Gasteiger partial charge on any atom is 0.190 e. The summed E-state index contributed by atoms with van der Waals surface area (Å²) < 4.78 is 1.59. The van der Waals surface area contributed by atoms with E-state index < -0.39 is 0 Å². The molecule has 5 heteroatoms. The Morgan fingerprint density at radius 3 is 2.69 bits per heavy atom. The summed E-state index contributed by atoms with van der Waals surface area (Å²) in [5, 5.41) is 12.6. The van der Waals surface area contributed by atoms with E-state index in [1.54, 1.807) is 4.68 Å². The smallest absolute Gasteiger partial charge is 0.190 e. The van der Waals surface area contributed by atoms with E-state index in [0.29, 0.717) is 5.82 Å². The van der Waals surface area contributed by atoms with Gasteiger partial charge in [0.05, 0.1) is 5.69 Å². The zero-order chi connectivity index (χ0) is 9.10. The van der Waals surface area contributed by atoms with Crippen molar-refractivity contribution in [1.82, 2.24) is 20.2 Å². The Hall–Kier alpha value is -1.62. The molecule has 4 nitrogen and oxygen atoms in total. The summed E-state index contributed by atoms with van der Waals surface area (Å²) in [6.07, 6.45) is 0. The lowest BCUT2D eigenvalue weighted by molar-refractivity contribution is 0.788. The third-order valence-electron chi connectivity index (χ3n) is 1.60. The summed E-state index contributed by atoms with van der Waals surface area (Å²) in [5.41, 5.74) is 0.906. The van der Waals surface area contributed by atoms with E-state index in [-0.39, 0.29) is 0 Å². The van der Waals surface area contributed by atoms with Crippen LogP contribution in [-0.4, -0.2) is 25.6 Å². The van der Waals surface area contributed by atoms with Gasteiger partial charge in [-0.3, -0.25) is 0 Å². The van der Waals surface area contributed by atoms with Gasteiger partial charge in [0, 0.05) is 5.37 Å². The van der Waals surface area contributed by atoms with Crippen LogP contribution in [0.3, 0.4) is 0 Å². The summed E-state index contributed by atoms with van der Waals surface area (Å²) in [6, 6.07) is 9.61. The van der Waals surface area contributed by atoms with Crippen molar-refractivity contribution in [3.05, 3.63) is 36.2 Å². The van der Waals surface area contributed by atoms with E-state index in [1.807, 2.05) is 30.3 Å². The van der Waals surface area contributed by atoms with Crippen molar-refractivity contribution in [3.63, 3.8) is 0 Å². The number of para-hydroxylation sites is 1. The Labute approximate surface area is 80.2 Å². The van der Waals surface area contributed by atoms with Gasteiger partial charge in [0.2, 0.25) is 0 Å². The quantitative estimate of drug-likeness (QED) is 0.663. The standard InChI is InChI=1S/C8H6N4S/c13-6-8-9-10-11-12(8)7-4-2-1-3-5-7/h1-6H. The molecule has 2 aromatic rings. The summed E-state index contributed by atoms with van der Waals surface area (Å²) in [4.78, 5) is 0. The number of hydrogen-bond acceptors (Lipinski definition) is 4. The Morgan fingerprint density at radius 2 is 2.00 bits per heavy atom. The van der Waals surface area contributed by atoms with Gasteiger partial charge in [-0.05, 0) is 22.6 Å². The van der Waals surface area contributed by atoms with E-state index in [0.717, 1.165) is 5.69 Å². The zero-order valence-electron chi connectivity index (χ0n) is 6.66. The largest absolute Gasteiger partial charge is 0.193 e. The summed E-state index contributed by atoms with van der Waals surface area (Å²) in [6.45, 7) is 0. The van der Waals surface area contributed by atoms with Crippen molar-refractivity contribution < 1.29 is 0 Å². The molecule has 0 bridgehead atoms. The predicted octanol–water partition coefficient (Wildman–Crippen LogP) is 1.01. The average molecular weight is 190 g/mol. The number of thiocarbonyl (C=S) groups is 1. The monoisotopic (exact) mass is 190 g/mol. The van der Waals surface area contributed by atoms with E-state index >= 15 is 0 Å². The summed E-state index contributed by atoms with van der Waals surface area (Å²) in [7, 11) is 0. The molecule has 1 aromatic carbocycles. The first kappa shape index (κ1) is 8.00. The van der Waals surface area contributed by atoms with Crippen LogP contribution in [0.1, 0.15) is 5.82 Å². The molecule has 0 N–H and O–H groups in total. The minimum absolute atomic E-state index is 0.571. The molecule has 13 heavy (non-hydrogen) atoms. The second-order valence-electron chi connectivity index (χ2n) is 2.40. The normalized spacial score (nSPS) is 9.85. The second kappa shape index (κ2) is 3.40. The molecule has 2 rings (SSSR count). The molecule has 0 aliphatic heterocycles. The highest BCUT2D eigenvalue weighted by Crippen LogP contribution is 2.04. The molecule has 0 unspecified atom stereocenters. The van der Waals surface area contributed by atoms with Crippen LogP contribution in [0.25, 0.3) is 5.69 Å². The Kier molecular flexibility index (Phi) is 2.09. The second-order valence-corrected chi connectivity index (χ2v) is 2.64. The van der Waals surface area contributed by atoms with Gasteiger partial charge in [-0.25, -0.2) is 0 Å². The molecule has 0 saturated heterocycles. The van der Waals surface area contributed by atoms with Crippen LogP contribution in [0.5, 0.6) is 0 Å². The number of aromatic nitrogens is 4. The van der Waals surface area contributed by atoms with Crippen LogP contribution in [0, 0.1) is 0 Å². The molecule has 0 aliphatic carbocycles. The lowest BCUT2D eigenvalue weighted by Gasteiger charge is -1.98. The lowest BCUT2D eigenvalue weighted by Crippen LogP contribution is -2.00. The first-order chi connectivity index (χ1) is 6.42. The van der Waals surface area contributed by atoms with Crippen molar-refractivity contribution in [1.29, 1.82) is 0 Å². The van der Waals surface area contributed by atoms with Gasteiger partial charge in [-0.2, -0.15) is 4.68 Å². The van der Waals surface area contributed by atoms with Crippen molar-refractivity contribution >= 4 is 17.6 Å². The van der Waals surface area contributed by atoms with Gasteiger partial charge in [-0.1, -0.05) is 30.4 Å². The fraction of sp³-hybridized carbons (Fsp3) is 0. The Bertz CT molecular complexity index is 409. The van der Waals surface area contributed by atoms with Crippen LogP contribution in [0.15, 0.2) is 30.3 Å². The molecule has 0 aliphatic rings. The third-order valence-corrected chi connectivity index (χ3v) is 1.81. The Morgan fingerprint density at radius 1 is 1.23 bits per heavy atom. The molecule has 1 heterocycles. The lowest BCUT2D eigenvalue weighted by atomic mass is 10.3. The van der Waals surface area contributed by atoms with Crippen LogP contribution in [0.2, 0.25) is 0 Å². The van der Waals surface area contributed by atoms with Crippen LogP contribution in [0.4, 0.5) is 0 Å². The number of nitrogens with zero attached hydrogens (tertiary/aromatic N) is 4. The minimum Gasteiger partial charge on any atom is -0.193 e. The number of tetrazole rings is 1. The predicted molar refractivity (Wildman–Crippen MR) is 51.9 cm³/mol. The van der Waals surface area contributed by atoms with Gasteiger partial charge >= 0.3 is 0 Å². The molecule has 0 radical (unpaired) electrons. The van der Waals surface area contributed by atoms with Gasteiger partial charge < -0.3 is 0 Å².